The number of rotatable bonds is 4. The van der Waals surface area contributed by atoms with Gasteiger partial charge >= 0.3 is 0 Å². The van der Waals surface area contributed by atoms with E-state index in [0.717, 1.165) is 42.3 Å². The van der Waals surface area contributed by atoms with Crippen LogP contribution in [0.25, 0.3) is 21.9 Å². The number of carbonyl (C=O) groups excluding carboxylic acids is 1. The second kappa shape index (κ2) is 7.17. The molecule has 0 saturated carbocycles. The zero-order chi connectivity index (χ0) is 17.9. The molecule has 2 aromatic heterocycles. The first-order valence-electron chi connectivity index (χ1n) is 8.70. The Morgan fingerprint density at radius 2 is 1.88 bits per heavy atom. The molecule has 0 bridgehead atoms. The van der Waals surface area contributed by atoms with Crippen molar-refractivity contribution in [1.82, 2.24) is 14.9 Å². The van der Waals surface area contributed by atoms with E-state index in [1.807, 2.05) is 24.3 Å². The van der Waals surface area contributed by atoms with E-state index in [0.29, 0.717) is 17.9 Å². The van der Waals surface area contributed by atoms with Crippen LogP contribution in [0.5, 0.6) is 0 Å². The number of likely N-dealkylation sites (tertiary alicyclic amines) is 1. The molecule has 1 aromatic carbocycles. The highest BCUT2D eigenvalue weighted by molar-refractivity contribution is 5.94. The van der Waals surface area contributed by atoms with Crippen molar-refractivity contribution in [3.8, 4) is 11.1 Å². The van der Waals surface area contributed by atoms with Crippen molar-refractivity contribution in [2.24, 2.45) is 0 Å². The summed E-state index contributed by atoms with van der Waals surface area (Å²) in [4.78, 5) is 22.5. The third-order valence-corrected chi connectivity index (χ3v) is 4.59. The van der Waals surface area contributed by atoms with Gasteiger partial charge in [0.1, 0.15) is 11.6 Å². The minimum atomic E-state index is -0.368. The third kappa shape index (κ3) is 3.70. The summed E-state index contributed by atoms with van der Waals surface area (Å²) in [5.41, 5.74) is 1.58. The van der Waals surface area contributed by atoms with Gasteiger partial charge in [0.2, 0.25) is 5.91 Å². The lowest BCUT2D eigenvalue weighted by atomic mass is 10.0. The van der Waals surface area contributed by atoms with E-state index >= 15 is 0 Å². The molecule has 0 aliphatic carbocycles. The summed E-state index contributed by atoms with van der Waals surface area (Å²) in [7, 11) is 0. The molecule has 1 aliphatic heterocycles. The number of hydrogen-bond acceptors (Lipinski definition) is 4. The minimum Gasteiger partial charge on any atom is -0.310 e. The fourth-order valence-electron chi connectivity index (χ4n) is 3.28. The number of pyridine rings is 2. The van der Waals surface area contributed by atoms with E-state index in [1.165, 1.54) is 12.3 Å². The van der Waals surface area contributed by atoms with Crippen LogP contribution in [0.15, 0.2) is 48.9 Å². The predicted molar refractivity (Wildman–Crippen MR) is 99.2 cm³/mol. The molecule has 1 amide bonds. The maximum absolute atomic E-state index is 13.4. The van der Waals surface area contributed by atoms with Crippen molar-refractivity contribution in [2.45, 2.75) is 12.8 Å². The van der Waals surface area contributed by atoms with Crippen LogP contribution < -0.4 is 5.32 Å². The largest absolute Gasteiger partial charge is 0.310 e. The van der Waals surface area contributed by atoms with Crippen LogP contribution in [0.2, 0.25) is 0 Å². The van der Waals surface area contributed by atoms with Crippen molar-refractivity contribution in [3.63, 3.8) is 0 Å². The maximum atomic E-state index is 13.4. The Hall–Kier alpha value is -2.86. The summed E-state index contributed by atoms with van der Waals surface area (Å²) >= 11 is 0. The second-order valence-electron chi connectivity index (χ2n) is 6.55. The molecule has 26 heavy (non-hydrogen) atoms. The first kappa shape index (κ1) is 16.6. The fraction of sp³-hybridized carbons (Fsp3) is 0.250. The number of halogens is 1. The molecule has 1 aliphatic rings. The SMILES string of the molecule is O=C(CN1CCCC1)Nc1cc2cc(-c3cncc(F)c3)ccc2cn1. The lowest BCUT2D eigenvalue weighted by Crippen LogP contribution is -2.31. The Balaban J connectivity index is 1.56. The highest BCUT2D eigenvalue weighted by Gasteiger charge is 2.15. The topological polar surface area (TPSA) is 58.1 Å². The van der Waals surface area contributed by atoms with E-state index in [1.54, 1.807) is 12.4 Å². The standard InChI is InChI=1S/C20H19FN4O/c21-18-8-17(10-22-12-18)14-3-4-15-11-23-19(9-16(15)7-14)24-20(26)13-25-5-1-2-6-25/h3-4,7-12H,1-2,5-6,13H2,(H,23,24,26). The van der Waals surface area contributed by atoms with Crippen LogP contribution in [0, 0.1) is 5.82 Å². The monoisotopic (exact) mass is 350 g/mol. The predicted octanol–water partition coefficient (Wildman–Crippen LogP) is 3.47. The number of benzene rings is 1. The van der Waals surface area contributed by atoms with Crippen LogP contribution in [0.1, 0.15) is 12.8 Å². The van der Waals surface area contributed by atoms with Gasteiger partial charge in [-0.15, -0.1) is 0 Å². The zero-order valence-electron chi connectivity index (χ0n) is 14.3. The van der Waals surface area contributed by atoms with E-state index in [9.17, 15) is 9.18 Å². The lowest BCUT2D eigenvalue weighted by Gasteiger charge is -2.14. The molecular formula is C20H19FN4O. The molecule has 0 spiro atoms. The molecule has 1 N–H and O–H groups in total. The quantitative estimate of drug-likeness (QED) is 0.783. The smallest absolute Gasteiger partial charge is 0.239 e. The van der Waals surface area contributed by atoms with Gasteiger partial charge in [-0.25, -0.2) is 9.37 Å². The van der Waals surface area contributed by atoms with Gasteiger partial charge in [0.05, 0.1) is 12.7 Å². The molecule has 1 saturated heterocycles. The number of nitrogens with one attached hydrogen (secondary N) is 1. The van der Waals surface area contributed by atoms with E-state index in [4.69, 9.17) is 0 Å². The van der Waals surface area contributed by atoms with Crippen LogP contribution in [0.4, 0.5) is 10.2 Å². The average molecular weight is 350 g/mol. The minimum absolute atomic E-state index is 0.0516. The number of amides is 1. The Labute approximate surface area is 150 Å². The molecule has 3 heterocycles. The van der Waals surface area contributed by atoms with Gasteiger partial charge in [-0.1, -0.05) is 12.1 Å². The lowest BCUT2D eigenvalue weighted by molar-refractivity contribution is -0.117. The molecular weight excluding hydrogens is 331 g/mol. The molecule has 0 unspecified atom stereocenters. The third-order valence-electron chi connectivity index (χ3n) is 4.59. The van der Waals surface area contributed by atoms with Gasteiger partial charge in [-0.3, -0.25) is 14.7 Å². The van der Waals surface area contributed by atoms with E-state index < -0.39 is 0 Å². The first-order chi connectivity index (χ1) is 12.7. The average Bonchev–Trinajstić information content (AvgIpc) is 3.14. The van der Waals surface area contributed by atoms with Crippen molar-refractivity contribution < 1.29 is 9.18 Å². The first-order valence-corrected chi connectivity index (χ1v) is 8.70. The summed E-state index contributed by atoms with van der Waals surface area (Å²) in [6, 6.07) is 9.08. The second-order valence-corrected chi connectivity index (χ2v) is 6.55. The molecule has 5 nitrogen and oxygen atoms in total. The zero-order valence-corrected chi connectivity index (χ0v) is 14.3. The Morgan fingerprint density at radius 3 is 2.69 bits per heavy atom. The van der Waals surface area contributed by atoms with Crippen LogP contribution in [-0.2, 0) is 4.79 Å². The number of hydrogen-bond donors (Lipinski definition) is 1. The molecule has 3 aromatic rings. The summed E-state index contributed by atoms with van der Waals surface area (Å²) in [5.74, 6) is 0.104. The number of fused-ring (bicyclic) bond motifs is 1. The number of anilines is 1. The van der Waals surface area contributed by atoms with E-state index in [2.05, 4.69) is 20.2 Å². The van der Waals surface area contributed by atoms with Crippen molar-refractivity contribution in [1.29, 1.82) is 0 Å². The molecule has 6 heteroatoms. The summed E-state index contributed by atoms with van der Waals surface area (Å²) in [5, 5.41) is 4.75. The van der Waals surface area contributed by atoms with Gasteiger partial charge in [0, 0.05) is 23.3 Å². The normalized spacial score (nSPS) is 14.7. The van der Waals surface area contributed by atoms with Crippen molar-refractivity contribution in [3.05, 3.63) is 54.7 Å². The molecule has 1 fully saturated rings. The molecule has 4 rings (SSSR count). The summed E-state index contributed by atoms with van der Waals surface area (Å²) in [6.07, 6.45) is 6.85. The van der Waals surface area contributed by atoms with Crippen molar-refractivity contribution in [2.75, 3.05) is 25.0 Å². The Bertz CT molecular complexity index is 953. The van der Waals surface area contributed by atoms with Gasteiger partial charge in [-0.2, -0.15) is 0 Å². The Kier molecular flexibility index (Phi) is 4.58. The van der Waals surface area contributed by atoms with Crippen LogP contribution in [0.3, 0.4) is 0 Å². The highest BCUT2D eigenvalue weighted by atomic mass is 19.1. The molecule has 132 valence electrons. The van der Waals surface area contributed by atoms with Gasteiger partial charge in [0.15, 0.2) is 0 Å². The number of nitrogens with zero attached hydrogens (tertiary/aromatic N) is 3. The van der Waals surface area contributed by atoms with Crippen LogP contribution >= 0.6 is 0 Å². The number of aromatic nitrogens is 2. The fourth-order valence-corrected chi connectivity index (χ4v) is 3.28. The van der Waals surface area contributed by atoms with E-state index in [-0.39, 0.29) is 11.7 Å². The number of carbonyl (C=O) groups is 1. The van der Waals surface area contributed by atoms with Gasteiger partial charge in [-0.05, 0) is 55.1 Å². The highest BCUT2D eigenvalue weighted by Crippen LogP contribution is 2.25. The molecule has 0 atom stereocenters. The Morgan fingerprint density at radius 1 is 1.04 bits per heavy atom. The summed E-state index contributed by atoms with van der Waals surface area (Å²) in [6.45, 7) is 2.35. The maximum Gasteiger partial charge on any atom is 0.239 e. The van der Waals surface area contributed by atoms with Gasteiger partial charge < -0.3 is 5.32 Å². The summed E-state index contributed by atoms with van der Waals surface area (Å²) < 4.78 is 13.4. The van der Waals surface area contributed by atoms with Gasteiger partial charge in [0.25, 0.3) is 0 Å². The van der Waals surface area contributed by atoms with Crippen LogP contribution in [-0.4, -0.2) is 40.4 Å². The van der Waals surface area contributed by atoms with Crippen molar-refractivity contribution >= 4 is 22.5 Å². The molecule has 0 radical (unpaired) electrons.